The predicted octanol–water partition coefficient (Wildman–Crippen LogP) is 3.52. The quantitative estimate of drug-likeness (QED) is 0.783. The zero-order valence-electron chi connectivity index (χ0n) is 12.2. The van der Waals surface area contributed by atoms with Gasteiger partial charge in [0.05, 0.1) is 5.69 Å². The number of amides is 1. The van der Waals surface area contributed by atoms with Crippen LogP contribution in [0.5, 0.6) is 0 Å². The Morgan fingerprint density at radius 3 is 2.58 bits per heavy atom. The van der Waals surface area contributed by atoms with Gasteiger partial charge in [-0.2, -0.15) is 0 Å². The van der Waals surface area contributed by atoms with Gasteiger partial charge < -0.3 is 10.6 Å². The van der Waals surface area contributed by atoms with Crippen LogP contribution in [0.4, 0.5) is 5.69 Å². The lowest BCUT2D eigenvalue weighted by atomic mass is 10.1. The van der Waals surface area contributed by atoms with Crippen LogP contribution in [0.2, 0.25) is 0 Å². The maximum atomic E-state index is 11.9. The molecule has 0 aromatic heterocycles. The van der Waals surface area contributed by atoms with Crippen LogP contribution in [-0.4, -0.2) is 23.7 Å². The number of carbonyl (C=O) groups excluding carboxylic acids is 1. The third-order valence-electron chi connectivity index (χ3n) is 2.47. The summed E-state index contributed by atoms with van der Waals surface area (Å²) in [6.45, 7) is 9.09. The standard InChI is InChI=1S/C15H24N2OS/c1-5-19-13-9-7-6-8-12(13)17-14(18)10-11-16-15(2,3)4/h6-9,16H,5,10-11H2,1-4H3,(H,17,18). The van der Waals surface area contributed by atoms with Crippen LogP contribution >= 0.6 is 11.8 Å². The number of carbonyl (C=O) groups is 1. The summed E-state index contributed by atoms with van der Waals surface area (Å²) < 4.78 is 0. The number of para-hydroxylation sites is 1. The van der Waals surface area contributed by atoms with Crippen molar-refractivity contribution < 1.29 is 4.79 Å². The summed E-state index contributed by atoms with van der Waals surface area (Å²) in [7, 11) is 0. The zero-order valence-corrected chi connectivity index (χ0v) is 13.1. The van der Waals surface area contributed by atoms with Gasteiger partial charge in [-0.05, 0) is 38.7 Å². The van der Waals surface area contributed by atoms with Gasteiger partial charge in [0, 0.05) is 23.4 Å². The average molecular weight is 280 g/mol. The summed E-state index contributed by atoms with van der Waals surface area (Å²) in [4.78, 5) is 13.0. The molecule has 0 aliphatic rings. The monoisotopic (exact) mass is 280 g/mol. The van der Waals surface area contributed by atoms with Crippen LogP contribution in [0.3, 0.4) is 0 Å². The summed E-state index contributed by atoms with van der Waals surface area (Å²) in [6, 6.07) is 7.93. The molecule has 0 atom stereocenters. The van der Waals surface area contributed by atoms with Gasteiger partial charge in [-0.1, -0.05) is 19.1 Å². The molecule has 0 radical (unpaired) electrons. The van der Waals surface area contributed by atoms with Crippen molar-refractivity contribution in [2.45, 2.75) is 44.6 Å². The SMILES string of the molecule is CCSc1ccccc1NC(=O)CCNC(C)(C)C. The molecular weight excluding hydrogens is 256 g/mol. The third-order valence-corrected chi connectivity index (χ3v) is 3.42. The highest BCUT2D eigenvalue weighted by molar-refractivity contribution is 7.99. The molecule has 2 N–H and O–H groups in total. The Kier molecular flexibility index (Phi) is 6.38. The van der Waals surface area contributed by atoms with E-state index < -0.39 is 0 Å². The summed E-state index contributed by atoms with van der Waals surface area (Å²) in [5.74, 6) is 1.05. The maximum absolute atomic E-state index is 11.9. The molecule has 0 saturated heterocycles. The fourth-order valence-electron chi connectivity index (χ4n) is 1.62. The van der Waals surface area contributed by atoms with E-state index in [1.807, 2.05) is 24.3 Å². The molecule has 19 heavy (non-hydrogen) atoms. The minimum Gasteiger partial charge on any atom is -0.325 e. The highest BCUT2D eigenvalue weighted by atomic mass is 32.2. The van der Waals surface area contributed by atoms with Gasteiger partial charge in [0.25, 0.3) is 0 Å². The molecule has 0 aliphatic heterocycles. The third kappa shape index (κ3) is 6.64. The normalized spacial score (nSPS) is 11.4. The Bertz CT molecular complexity index is 413. The van der Waals surface area contributed by atoms with Gasteiger partial charge in [-0.25, -0.2) is 0 Å². The molecule has 0 spiro atoms. The van der Waals surface area contributed by atoms with Gasteiger partial charge in [-0.3, -0.25) is 4.79 Å². The average Bonchev–Trinajstić information content (AvgIpc) is 2.30. The Labute approximate surface area is 120 Å². The van der Waals surface area contributed by atoms with Crippen molar-refractivity contribution >= 4 is 23.4 Å². The fourth-order valence-corrected chi connectivity index (χ4v) is 2.38. The second-order valence-electron chi connectivity index (χ2n) is 5.40. The van der Waals surface area contributed by atoms with E-state index in [0.29, 0.717) is 13.0 Å². The molecule has 0 aliphatic carbocycles. The van der Waals surface area contributed by atoms with Crippen molar-refractivity contribution in [3.8, 4) is 0 Å². The molecule has 1 aromatic rings. The second-order valence-corrected chi connectivity index (χ2v) is 6.71. The summed E-state index contributed by atoms with van der Waals surface area (Å²) in [5.41, 5.74) is 0.964. The van der Waals surface area contributed by atoms with Crippen LogP contribution in [0, 0.1) is 0 Å². The van der Waals surface area contributed by atoms with Crippen molar-refractivity contribution in [2.75, 3.05) is 17.6 Å². The van der Waals surface area contributed by atoms with Crippen LogP contribution in [0.1, 0.15) is 34.1 Å². The number of hydrogen-bond donors (Lipinski definition) is 2. The van der Waals surface area contributed by atoms with E-state index in [1.165, 1.54) is 0 Å². The smallest absolute Gasteiger partial charge is 0.225 e. The fraction of sp³-hybridized carbons (Fsp3) is 0.533. The maximum Gasteiger partial charge on any atom is 0.225 e. The Morgan fingerprint density at radius 1 is 1.26 bits per heavy atom. The molecule has 0 heterocycles. The molecule has 0 saturated carbocycles. The topological polar surface area (TPSA) is 41.1 Å². The van der Waals surface area contributed by atoms with Crippen LogP contribution < -0.4 is 10.6 Å². The minimum absolute atomic E-state index is 0.0518. The number of benzene rings is 1. The molecule has 3 nitrogen and oxygen atoms in total. The Morgan fingerprint density at radius 2 is 1.95 bits per heavy atom. The highest BCUT2D eigenvalue weighted by Crippen LogP contribution is 2.26. The first kappa shape index (κ1) is 16.1. The largest absolute Gasteiger partial charge is 0.325 e. The molecule has 0 unspecified atom stereocenters. The number of thioether (sulfide) groups is 1. The van der Waals surface area contributed by atoms with Crippen LogP contribution in [-0.2, 0) is 4.79 Å². The van der Waals surface area contributed by atoms with Gasteiger partial charge in [0.2, 0.25) is 5.91 Å². The molecule has 1 aromatic carbocycles. The number of nitrogens with one attached hydrogen (secondary N) is 2. The van der Waals surface area contributed by atoms with E-state index in [-0.39, 0.29) is 11.4 Å². The van der Waals surface area contributed by atoms with Crippen molar-refractivity contribution in [1.82, 2.24) is 5.32 Å². The van der Waals surface area contributed by atoms with Crippen molar-refractivity contribution in [2.24, 2.45) is 0 Å². The van der Waals surface area contributed by atoms with Gasteiger partial charge >= 0.3 is 0 Å². The number of rotatable bonds is 6. The molecule has 1 amide bonds. The van der Waals surface area contributed by atoms with Crippen LogP contribution in [0.15, 0.2) is 29.2 Å². The van der Waals surface area contributed by atoms with Gasteiger partial charge in [0.15, 0.2) is 0 Å². The van der Waals surface area contributed by atoms with E-state index in [9.17, 15) is 4.79 Å². The van der Waals surface area contributed by atoms with Crippen molar-refractivity contribution in [3.05, 3.63) is 24.3 Å². The van der Waals surface area contributed by atoms with E-state index in [1.54, 1.807) is 11.8 Å². The first-order chi connectivity index (χ1) is 8.92. The molecule has 0 bridgehead atoms. The number of anilines is 1. The second kappa shape index (κ2) is 7.56. The van der Waals surface area contributed by atoms with Gasteiger partial charge in [0.1, 0.15) is 0 Å². The summed E-state index contributed by atoms with van der Waals surface area (Å²) in [5, 5.41) is 6.29. The molecule has 106 valence electrons. The first-order valence-electron chi connectivity index (χ1n) is 6.69. The lowest BCUT2D eigenvalue weighted by Crippen LogP contribution is -2.37. The van der Waals surface area contributed by atoms with E-state index >= 15 is 0 Å². The summed E-state index contributed by atoms with van der Waals surface area (Å²) >= 11 is 1.74. The van der Waals surface area contributed by atoms with E-state index in [2.05, 4.69) is 38.3 Å². The summed E-state index contributed by atoms with van der Waals surface area (Å²) in [6.07, 6.45) is 0.488. The van der Waals surface area contributed by atoms with Crippen molar-refractivity contribution in [3.63, 3.8) is 0 Å². The Hall–Kier alpha value is -1.00. The minimum atomic E-state index is 0.0518. The first-order valence-corrected chi connectivity index (χ1v) is 7.67. The number of hydrogen-bond acceptors (Lipinski definition) is 3. The molecule has 1 rings (SSSR count). The Balaban J connectivity index is 2.48. The van der Waals surface area contributed by atoms with E-state index in [4.69, 9.17) is 0 Å². The zero-order chi connectivity index (χ0) is 14.3. The van der Waals surface area contributed by atoms with Crippen molar-refractivity contribution in [1.29, 1.82) is 0 Å². The lowest BCUT2D eigenvalue weighted by Gasteiger charge is -2.20. The molecule has 4 heteroatoms. The van der Waals surface area contributed by atoms with E-state index in [0.717, 1.165) is 16.3 Å². The van der Waals surface area contributed by atoms with Gasteiger partial charge in [-0.15, -0.1) is 11.8 Å². The highest BCUT2D eigenvalue weighted by Gasteiger charge is 2.10. The van der Waals surface area contributed by atoms with Crippen LogP contribution in [0.25, 0.3) is 0 Å². The molecular formula is C15H24N2OS. The lowest BCUT2D eigenvalue weighted by molar-refractivity contribution is -0.116. The molecule has 0 fully saturated rings. The predicted molar refractivity (Wildman–Crippen MR) is 83.8 cm³/mol.